The molecule has 0 unspecified atom stereocenters. The fourth-order valence-electron chi connectivity index (χ4n) is 3.40. The molecule has 0 radical (unpaired) electrons. The van der Waals surface area contributed by atoms with Gasteiger partial charge in [-0.05, 0) is 35.9 Å². The minimum Gasteiger partial charge on any atom is -0.305 e. The van der Waals surface area contributed by atoms with Gasteiger partial charge in [0.1, 0.15) is 16.5 Å². The number of nitrogens with zero attached hydrogens (tertiary/aromatic N) is 2. The number of benzene rings is 3. The number of sulfonamides is 1. The molecule has 0 saturated heterocycles. The van der Waals surface area contributed by atoms with Crippen molar-refractivity contribution in [3.63, 3.8) is 0 Å². The van der Waals surface area contributed by atoms with E-state index in [4.69, 9.17) is 0 Å². The van der Waals surface area contributed by atoms with E-state index in [0.717, 1.165) is 4.31 Å². The molecular formula is C22H18F2N2O3S. The minimum absolute atomic E-state index is 0.0331. The fraction of sp³-hybridized carbons (Fsp3) is 0.136. The Morgan fingerprint density at radius 2 is 1.50 bits per heavy atom. The molecule has 3 aromatic rings. The van der Waals surface area contributed by atoms with Crippen LogP contribution < -0.4 is 4.90 Å². The summed E-state index contributed by atoms with van der Waals surface area (Å²) in [6, 6.07) is 17.7. The lowest BCUT2D eigenvalue weighted by Crippen LogP contribution is -2.39. The molecule has 154 valence electrons. The molecule has 3 aromatic carbocycles. The summed E-state index contributed by atoms with van der Waals surface area (Å²) >= 11 is 0. The number of carbonyl (C=O) groups is 1. The molecule has 0 atom stereocenters. The summed E-state index contributed by atoms with van der Waals surface area (Å²) in [6.45, 7) is -0.620. The molecule has 8 heteroatoms. The lowest BCUT2D eigenvalue weighted by atomic mass is 10.2. The molecule has 0 aromatic heterocycles. The highest BCUT2D eigenvalue weighted by atomic mass is 32.2. The largest absolute Gasteiger partial charge is 0.305 e. The van der Waals surface area contributed by atoms with E-state index in [-0.39, 0.29) is 29.2 Å². The molecule has 30 heavy (non-hydrogen) atoms. The van der Waals surface area contributed by atoms with Crippen LogP contribution in [0.3, 0.4) is 0 Å². The van der Waals surface area contributed by atoms with Gasteiger partial charge in [-0.25, -0.2) is 17.2 Å². The van der Waals surface area contributed by atoms with Crippen molar-refractivity contribution in [3.8, 4) is 0 Å². The normalized spacial score (nSPS) is 16.2. The first-order chi connectivity index (χ1) is 14.4. The Balaban J connectivity index is 1.75. The number of anilines is 1. The second-order valence-electron chi connectivity index (χ2n) is 6.94. The Morgan fingerprint density at radius 3 is 2.23 bits per heavy atom. The Kier molecular flexibility index (Phi) is 5.36. The van der Waals surface area contributed by atoms with Crippen molar-refractivity contribution in [2.45, 2.75) is 18.0 Å². The van der Waals surface area contributed by atoms with E-state index in [1.54, 1.807) is 36.4 Å². The van der Waals surface area contributed by atoms with Crippen LogP contribution in [0.2, 0.25) is 0 Å². The molecule has 0 saturated carbocycles. The highest BCUT2D eigenvalue weighted by Crippen LogP contribution is 2.33. The summed E-state index contributed by atoms with van der Waals surface area (Å²) in [5.74, 6) is -1.40. The Bertz CT molecular complexity index is 1200. The predicted octanol–water partition coefficient (Wildman–Crippen LogP) is 3.70. The third-order valence-electron chi connectivity index (χ3n) is 4.95. The van der Waals surface area contributed by atoms with Crippen LogP contribution in [0.4, 0.5) is 14.5 Å². The van der Waals surface area contributed by atoms with Crippen LogP contribution in [-0.4, -0.2) is 25.2 Å². The first-order valence-electron chi connectivity index (χ1n) is 9.23. The number of rotatable bonds is 4. The molecule has 0 spiro atoms. The van der Waals surface area contributed by atoms with Crippen molar-refractivity contribution in [1.82, 2.24) is 4.31 Å². The zero-order chi connectivity index (χ0) is 21.3. The number of halogens is 2. The van der Waals surface area contributed by atoms with Crippen LogP contribution in [0, 0.1) is 11.6 Å². The average molecular weight is 428 g/mol. The molecule has 0 fully saturated rings. The van der Waals surface area contributed by atoms with Gasteiger partial charge in [0.25, 0.3) is 0 Å². The molecular weight excluding hydrogens is 410 g/mol. The maximum absolute atomic E-state index is 14.1. The number of hydrogen-bond acceptors (Lipinski definition) is 3. The first-order valence-corrected chi connectivity index (χ1v) is 10.7. The van der Waals surface area contributed by atoms with Gasteiger partial charge in [-0.2, -0.15) is 4.31 Å². The van der Waals surface area contributed by atoms with Crippen molar-refractivity contribution in [1.29, 1.82) is 0 Å². The molecule has 0 bridgehead atoms. The Morgan fingerprint density at radius 1 is 0.833 bits per heavy atom. The van der Waals surface area contributed by atoms with Crippen LogP contribution in [0.15, 0.2) is 77.7 Å². The zero-order valence-corrected chi connectivity index (χ0v) is 16.6. The van der Waals surface area contributed by atoms with Crippen LogP contribution in [0.5, 0.6) is 0 Å². The molecule has 5 nitrogen and oxygen atoms in total. The zero-order valence-electron chi connectivity index (χ0n) is 15.8. The van der Waals surface area contributed by atoms with E-state index < -0.39 is 34.1 Å². The number of carbonyl (C=O) groups excluding carboxylic acids is 1. The highest BCUT2D eigenvalue weighted by molar-refractivity contribution is 7.89. The first kappa shape index (κ1) is 20.2. The lowest BCUT2D eigenvalue weighted by Gasteiger charge is -2.22. The molecule has 4 rings (SSSR count). The van der Waals surface area contributed by atoms with Gasteiger partial charge in [-0.1, -0.05) is 42.5 Å². The molecule has 1 aliphatic rings. The Hall–Kier alpha value is -3.10. The summed E-state index contributed by atoms with van der Waals surface area (Å²) in [5, 5.41) is 0. The van der Waals surface area contributed by atoms with Crippen LogP contribution in [0.25, 0.3) is 0 Å². The second-order valence-corrected chi connectivity index (χ2v) is 8.84. The van der Waals surface area contributed by atoms with Gasteiger partial charge in [0.05, 0.1) is 18.8 Å². The van der Waals surface area contributed by atoms with Gasteiger partial charge in [0, 0.05) is 12.1 Å². The van der Waals surface area contributed by atoms with Crippen LogP contribution in [0.1, 0.15) is 11.1 Å². The maximum atomic E-state index is 14.1. The minimum atomic E-state index is -4.05. The lowest BCUT2D eigenvalue weighted by molar-refractivity contribution is -0.119. The number of para-hydroxylation sites is 1. The van der Waals surface area contributed by atoms with Gasteiger partial charge in [-0.15, -0.1) is 0 Å². The summed E-state index contributed by atoms with van der Waals surface area (Å²) in [4.78, 5) is 14.4. The van der Waals surface area contributed by atoms with E-state index in [0.29, 0.717) is 5.56 Å². The topological polar surface area (TPSA) is 57.7 Å². The van der Waals surface area contributed by atoms with E-state index >= 15 is 0 Å². The van der Waals surface area contributed by atoms with Gasteiger partial charge < -0.3 is 4.90 Å². The third-order valence-corrected chi connectivity index (χ3v) is 6.78. The highest BCUT2D eigenvalue weighted by Gasteiger charge is 2.36. The van der Waals surface area contributed by atoms with E-state index in [1.165, 1.54) is 41.3 Å². The quantitative estimate of drug-likeness (QED) is 0.637. The SMILES string of the molecule is O=C1CN(Cc2ccccc2F)S(=O)(=O)c2ccccc2N1Cc1ccc(F)cc1. The summed E-state index contributed by atoms with van der Waals surface area (Å²) < 4.78 is 55.0. The number of fused-ring (bicyclic) bond motifs is 1. The van der Waals surface area contributed by atoms with Gasteiger partial charge in [-0.3, -0.25) is 4.79 Å². The summed E-state index contributed by atoms with van der Waals surface area (Å²) in [5.41, 5.74) is 1.07. The third kappa shape index (κ3) is 3.83. The van der Waals surface area contributed by atoms with Crippen LogP contribution >= 0.6 is 0 Å². The molecule has 1 aliphatic heterocycles. The Labute approximate surface area is 173 Å². The monoisotopic (exact) mass is 428 g/mol. The summed E-state index contributed by atoms with van der Waals surface area (Å²) in [7, 11) is -4.05. The van der Waals surface area contributed by atoms with Gasteiger partial charge in [0.2, 0.25) is 15.9 Å². The number of hydrogen-bond donors (Lipinski definition) is 0. The molecule has 0 aliphatic carbocycles. The molecule has 0 N–H and O–H groups in total. The van der Waals surface area contributed by atoms with Gasteiger partial charge in [0.15, 0.2) is 0 Å². The smallest absolute Gasteiger partial charge is 0.245 e. The van der Waals surface area contributed by atoms with Crippen molar-refractivity contribution in [2.75, 3.05) is 11.4 Å². The average Bonchev–Trinajstić information content (AvgIpc) is 2.80. The van der Waals surface area contributed by atoms with Gasteiger partial charge >= 0.3 is 0 Å². The second kappa shape index (κ2) is 7.97. The standard InChI is InChI=1S/C22H18F2N2O3S/c23-18-11-9-16(10-12-18)13-26-20-7-3-4-8-21(20)30(28,29)25(15-22(26)27)14-17-5-1-2-6-19(17)24/h1-12H,13-15H2. The van der Waals surface area contributed by atoms with Crippen molar-refractivity contribution in [3.05, 3.63) is 95.6 Å². The predicted molar refractivity (Wildman–Crippen MR) is 108 cm³/mol. The van der Waals surface area contributed by atoms with Crippen molar-refractivity contribution in [2.24, 2.45) is 0 Å². The van der Waals surface area contributed by atoms with Crippen LogP contribution in [-0.2, 0) is 27.9 Å². The van der Waals surface area contributed by atoms with E-state index in [9.17, 15) is 22.0 Å². The van der Waals surface area contributed by atoms with Crippen molar-refractivity contribution >= 4 is 21.6 Å². The summed E-state index contributed by atoms with van der Waals surface area (Å²) in [6.07, 6.45) is 0. The molecule has 1 amide bonds. The van der Waals surface area contributed by atoms with E-state index in [2.05, 4.69) is 0 Å². The maximum Gasteiger partial charge on any atom is 0.245 e. The fourth-order valence-corrected chi connectivity index (χ4v) is 4.96. The van der Waals surface area contributed by atoms with E-state index in [1.807, 2.05) is 0 Å². The number of amides is 1. The van der Waals surface area contributed by atoms with Crippen molar-refractivity contribution < 1.29 is 22.0 Å². The molecule has 1 heterocycles.